The average molecular weight is 565 g/mol. The predicted molar refractivity (Wildman–Crippen MR) is 163 cm³/mol. The van der Waals surface area contributed by atoms with E-state index in [-0.39, 0.29) is 19.2 Å². The number of hydrogen-bond donors (Lipinski definition) is 4. The third kappa shape index (κ3) is 8.83. The number of aliphatic hydroxyl groups is 1. The van der Waals surface area contributed by atoms with Gasteiger partial charge in [-0.25, -0.2) is 4.79 Å². The Balaban J connectivity index is 1.43. The van der Waals surface area contributed by atoms with Gasteiger partial charge in [0.25, 0.3) is 0 Å². The zero-order chi connectivity index (χ0) is 29.6. The Kier molecular flexibility index (Phi) is 11.3. The molecule has 4 aromatic carbocycles. The average Bonchev–Trinajstić information content (AvgIpc) is 3.03. The van der Waals surface area contributed by atoms with E-state index < -0.39 is 0 Å². The monoisotopic (exact) mass is 564 g/mol. The third-order valence-corrected chi connectivity index (χ3v) is 6.71. The van der Waals surface area contributed by atoms with Gasteiger partial charge in [0, 0.05) is 37.8 Å². The van der Waals surface area contributed by atoms with Crippen molar-refractivity contribution in [3.8, 4) is 28.7 Å². The number of rotatable bonds is 14. The van der Waals surface area contributed by atoms with Crippen LogP contribution in [0.15, 0.2) is 91.0 Å². The number of aliphatic hydroxyl groups excluding tert-OH is 1. The standard InChI is InChI=1S/C34H36N4O4/c1-25-30(11-6-12-32(25)28-9-3-2-4-10-28)24-41-31-14-13-29(22-36-15-16-37-34(40)38-17-18-39)33(20-31)42-23-27-8-5-7-26(19-27)21-35/h2-14,19-20,36,39H,15-18,22-24H2,1H3,(H2,37,38,40). The van der Waals surface area contributed by atoms with Gasteiger partial charge in [-0.2, -0.15) is 5.26 Å². The molecule has 0 aliphatic carbocycles. The number of carbonyl (C=O) groups excluding carboxylic acids is 1. The van der Waals surface area contributed by atoms with Gasteiger partial charge in [0.2, 0.25) is 0 Å². The summed E-state index contributed by atoms with van der Waals surface area (Å²) < 4.78 is 12.5. The van der Waals surface area contributed by atoms with E-state index in [0.29, 0.717) is 49.9 Å². The summed E-state index contributed by atoms with van der Waals surface area (Å²) in [5.41, 5.74) is 7.05. The van der Waals surface area contributed by atoms with Gasteiger partial charge in [-0.3, -0.25) is 0 Å². The minimum atomic E-state index is -0.319. The highest BCUT2D eigenvalue weighted by molar-refractivity contribution is 5.73. The molecule has 0 aliphatic rings. The molecule has 0 heterocycles. The number of hydrogen-bond acceptors (Lipinski definition) is 6. The van der Waals surface area contributed by atoms with Crippen molar-refractivity contribution in [2.24, 2.45) is 0 Å². The van der Waals surface area contributed by atoms with E-state index in [1.165, 1.54) is 16.7 Å². The fraction of sp³-hybridized carbons (Fsp3) is 0.235. The molecule has 0 fully saturated rings. The van der Waals surface area contributed by atoms with Crippen LogP contribution < -0.4 is 25.4 Å². The molecular weight excluding hydrogens is 528 g/mol. The Morgan fingerprint density at radius 1 is 0.833 bits per heavy atom. The van der Waals surface area contributed by atoms with Crippen LogP contribution in [-0.4, -0.2) is 37.4 Å². The molecule has 0 spiro atoms. The number of carbonyl (C=O) groups is 1. The Labute approximate surface area is 246 Å². The van der Waals surface area contributed by atoms with Crippen LogP contribution in [0.5, 0.6) is 11.5 Å². The zero-order valence-corrected chi connectivity index (χ0v) is 23.7. The summed E-state index contributed by atoms with van der Waals surface area (Å²) in [6.45, 7) is 4.44. The Bertz CT molecular complexity index is 1500. The summed E-state index contributed by atoms with van der Waals surface area (Å²) >= 11 is 0. The molecule has 0 aromatic heterocycles. The van der Waals surface area contributed by atoms with Crippen molar-refractivity contribution in [1.82, 2.24) is 16.0 Å². The SMILES string of the molecule is Cc1c(COc2ccc(CNCCNC(=O)NCCO)c(OCc3cccc(C#N)c3)c2)cccc1-c1ccccc1. The summed E-state index contributed by atoms with van der Waals surface area (Å²) in [7, 11) is 0. The van der Waals surface area contributed by atoms with Crippen molar-refractivity contribution < 1.29 is 19.4 Å². The van der Waals surface area contributed by atoms with Crippen LogP contribution >= 0.6 is 0 Å². The van der Waals surface area contributed by atoms with E-state index in [1.54, 1.807) is 6.07 Å². The molecular formula is C34H36N4O4. The van der Waals surface area contributed by atoms with Gasteiger partial charge in [-0.15, -0.1) is 0 Å². The summed E-state index contributed by atoms with van der Waals surface area (Å²) in [5, 5.41) is 26.7. The molecule has 0 aliphatic heterocycles. The highest BCUT2D eigenvalue weighted by Gasteiger charge is 2.10. The molecule has 2 amide bonds. The maximum Gasteiger partial charge on any atom is 0.314 e. The van der Waals surface area contributed by atoms with Gasteiger partial charge in [-0.1, -0.05) is 66.7 Å². The van der Waals surface area contributed by atoms with Crippen LogP contribution in [-0.2, 0) is 19.8 Å². The molecule has 0 saturated heterocycles. The second-order valence-electron chi connectivity index (χ2n) is 9.70. The molecule has 4 N–H and O–H groups in total. The van der Waals surface area contributed by atoms with Crippen molar-refractivity contribution in [3.05, 3.63) is 119 Å². The third-order valence-electron chi connectivity index (χ3n) is 6.71. The molecule has 216 valence electrons. The van der Waals surface area contributed by atoms with Crippen LogP contribution in [0.25, 0.3) is 11.1 Å². The quantitative estimate of drug-likeness (QED) is 0.159. The maximum atomic E-state index is 11.7. The van der Waals surface area contributed by atoms with Crippen LogP contribution in [0.2, 0.25) is 0 Å². The summed E-state index contributed by atoms with van der Waals surface area (Å²) in [4.78, 5) is 11.7. The van der Waals surface area contributed by atoms with Crippen LogP contribution in [0.3, 0.4) is 0 Å². The molecule has 8 nitrogen and oxygen atoms in total. The van der Waals surface area contributed by atoms with Gasteiger partial charge >= 0.3 is 6.03 Å². The number of nitrogens with one attached hydrogen (secondary N) is 3. The zero-order valence-electron chi connectivity index (χ0n) is 23.7. The second-order valence-corrected chi connectivity index (χ2v) is 9.70. The van der Waals surface area contributed by atoms with Crippen molar-refractivity contribution in [1.29, 1.82) is 5.26 Å². The topological polar surface area (TPSA) is 116 Å². The van der Waals surface area contributed by atoms with Crippen molar-refractivity contribution in [3.63, 3.8) is 0 Å². The van der Waals surface area contributed by atoms with Gasteiger partial charge in [0.05, 0.1) is 18.2 Å². The number of ether oxygens (including phenoxy) is 2. The number of nitrogens with zero attached hydrogens (tertiary/aromatic N) is 1. The largest absolute Gasteiger partial charge is 0.489 e. The van der Waals surface area contributed by atoms with E-state index in [2.05, 4.69) is 59.3 Å². The molecule has 0 atom stereocenters. The molecule has 0 unspecified atom stereocenters. The number of nitriles is 1. The van der Waals surface area contributed by atoms with Crippen LogP contribution in [0.4, 0.5) is 4.79 Å². The first-order valence-electron chi connectivity index (χ1n) is 13.9. The molecule has 0 bridgehead atoms. The van der Waals surface area contributed by atoms with Crippen molar-refractivity contribution >= 4 is 6.03 Å². The van der Waals surface area contributed by atoms with E-state index in [4.69, 9.17) is 14.6 Å². The Morgan fingerprint density at radius 3 is 2.45 bits per heavy atom. The minimum Gasteiger partial charge on any atom is -0.489 e. The van der Waals surface area contributed by atoms with Crippen LogP contribution in [0, 0.1) is 18.3 Å². The molecule has 42 heavy (non-hydrogen) atoms. The molecule has 4 rings (SSSR count). The first kappa shape index (κ1) is 30.1. The number of benzene rings is 4. The number of urea groups is 1. The van der Waals surface area contributed by atoms with Gasteiger partial charge in [0.15, 0.2) is 0 Å². The van der Waals surface area contributed by atoms with Crippen molar-refractivity contribution in [2.75, 3.05) is 26.2 Å². The lowest BCUT2D eigenvalue weighted by atomic mass is 9.97. The second kappa shape index (κ2) is 15.8. The summed E-state index contributed by atoms with van der Waals surface area (Å²) in [6, 6.07) is 31.6. The first-order valence-corrected chi connectivity index (χ1v) is 13.9. The lowest BCUT2D eigenvalue weighted by Crippen LogP contribution is -2.40. The molecule has 4 aromatic rings. The highest BCUT2D eigenvalue weighted by atomic mass is 16.5. The molecule has 0 radical (unpaired) electrons. The predicted octanol–water partition coefficient (Wildman–Crippen LogP) is 5.07. The highest BCUT2D eigenvalue weighted by Crippen LogP contribution is 2.29. The van der Waals surface area contributed by atoms with Crippen molar-refractivity contribution in [2.45, 2.75) is 26.7 Å². The minimum absolute atomic E-state index is 0.103. The first-order chi connectivity index (χ1) is 20.6. The van der Waals surface area contributed by atoms with Gasteiger partial charge in [-0.05, 0) is 52.9 Å². The molecule has 0 saturated carbocycles. The van der Waals surface area contributed by atoms with Crippen LogP contribution in [0.1, 0.15) is 27.8 Å². The van der Waals surface area contributed by atoms with E-state index in [1.807, 2.05) is 54.6 Å². The van der Waals surface area contributed by atoms with Gasteiger partial charge in [0.1, 0.15) is 24.7 Å². The lowest BCUT2D eigenvalue weighted by Gasteiger charge is -2.16. The maximum absolute atomic E-state index is 11.7. The summed E-state index contributed by atoms with van der Waals surface area (Å²) in [5.74, 6) is 1.36. The van der Waals surface area contributed by atoms with E-state index >= 15 is 0 Å². The summed E-state index contributed by atoms with van der Waals surface area (Å²) in [6.07, 6.45) is 0. The van der Waals surface area contributed by atoms with E-state index in [9.17, 15) is 10.1 Å². The number of amides is 2. The Hall–Kier alpha value is -4.84. The van der Waals surface area contributed by atoms with E-state index in [0.717, 1.165) is 16.7 Å². The normalized spacial score (nSPS) is 10.5. The smallest absolute Gasteiger partial charge is 0.314 e. The van der Waals surface area contributed by atoms with Gasteiger partial charge < -0.3 is 30.5 Å². The lowest BCUT2D eigenvalue weighted by molar-refractivity contribution is 0.234. The fourth-order valence-electron chi connectivity index (χ4n) is 4.45. The Morgan fingerprint density at radius 2 is 1.64 bits per heavy atom. The fourth-order valence-corrected chi connectivity index (χ4v) is 4.45. The molecule has 8 heteroatoms.